The summed E-state index contributed by atoms with van der Waals surface area (Å²) in [5.74, 6) is 0.418. The van der Waals surface area contributed by atoms with Crippen molar-refractivity contribution in [3.8, 4) is 11.6 Å². The molecule has 0 saturated heterocycles. The van der Waals surface area contributed by atoms with Crippen molar-refractivity contribution in [3.63, 3.8) is 0 Å². The highest BCUT2D eigenvalue weighted by Gasteiger charge is 2.11. The highest BCUT2D eigenvalue weighted by atomic mass is 79.9. The first kappa shape index (κ1) is 13.3. The Morgan fingerprint density at radius 2 is 1.80 bits per heavy atom. The Hall–Kier alpha value is -1.72. The fraction of sp³-hybridized carbons (Fsp3) is 0. The van der Waals surface area contributed by atoms with E-state index in [1.54, 1.807) is 0 Å². The van der Waals surface area contributed by atoms with Crippen LogP contribution in [0, 0.1) is 5.82 Å². The van der Waals surface area contributed by atoms with E-state index in [2.05, 4.69) is 26.1 Å². The topological polar surface area (TPSA) is 35.0 Å². The van der Waals surface area contributed by atoms with E-state index in [4.69, 9.17) is 16.3 Å². The zero-order valence-corrected chi connectivity index (χ0v) is 12.3. The number of rotatable bonds is 2. The summed E-state index contributed by atoms with van der Waals surface area (Å²) in [7, 11) is 0. The van der Waals surface area contributed by atoms with Crippen LogP contribution in [0.4, 0.5) is 4.39 Å². The lowest BCUT2D eigenvalue weighted by Gasteiger charge is -2.09. The third-order valence-corrected chi connectivity index (χ3v) is 3.61. The number of ether oxygens (including phenoxy) is 1. The second-order valence-corrected chi connectivity index (χ2v) is 5.23. The molecular weight excluding hydrogens is 347 g/mol. The lowest BCUT2D eigenvalue weighted by molar-refractivity contribution is 0.457. The van der Waals surface area contributed by atoms with Gasteiger partial charge in [-0.05, 0) is 40.2 Å². The molecule has 0 aliphatic rings. The Bertz CT molecular complexity index is 797. The largest absolute Gasteiger partial charge is 0.436 e. The first-order chi connectivity index (χ1) is 9.65. The fourth-order valence-corrected chi connectivity index (χ4v) is 2.42. The second kappa shape index (κ2) is 5.34. The van der Waals surface area contributed by atoms with Crippen molar-refractivity contribution < 1.29 is 9.13 Å². The van der Waals surface area contributed by atoms with E-state index in [-0.39, 0.29) is 5.82 Å². The zero-order chi connectivity index (χ0) is 14.1. The van der Waals surface area contributed by atoms with Gasteiger partial charge < -0.3 is 4.74 Å². The molecule has 0 amide bonds. The molecule has 3 nitrogen and oxygen atoms in total. The molecule has 20 heavy (non-hydrogen) atoms. The van der Waals surface area contributed by atoms with E-state index in [9.17, 15) is 4.39 Å². The molecule has 0 aliphatic heterocycles. The lowest BCUT2D eigenvalue weighted by Crippen LogP contribution is -1.94. The maximum atomic E-state index is 13.1. The van der Waals surface area contributed by atoms with Crippen LogP contribution in [0.15, 0.2) is 46.9 Å². The molecule has 3 aromatic rings. The molecule has 3 rings (SSSR count). The van der Waals surface area contributed by atoms with Gasteiger partial charge in [-0.2, -0.15) is 0 Å². The molecule has 2 aromatic carbocycles. The summed E-state index contributed by atoms with van der Waals surface area (Å²) in [5.41, 5.74) is 0. The van der Waals surface area contributed by atoms with Crippen LogP contribution in [0.1, 0.15) is 0 Å². The molecule has 1 heterocycles. The average Bonchev–Trinajstić information content (AvgIpc) is 2.45. The van der Waals surface area contributed by atoms with Gasteiger partial charge in [-0.15, -0.1) is 10.2 Å². The minimum absolute atomic E-state index is 0.311. The quantitative estimate of drug-likeness (QED) is 0.652. The Labute approximate surface area is 127 Å². The number of hydrogen-bond acceptors (Lipinski definition) is 3. The van der Waals surface area contributed by atoms with Gasteiger partial charge in [0.2, 0.25) is 5.88 Å². The van der Waals surface area contributed by atoms with E-state index in [1.165, 1.54) is 18.2 Å². The molecule has 0 unspecified atom stereocenters. The summed E-state index contributed by atoms with van der Waals surface area (Å²) in [6, 6.07) is 11.5. The van der Waals surface area contributed by atoms with Crippen LogP contribution < -0.4 is 4.74 Å². The molecule has 0 atom stereocenters. The van der Waals surface area contributed by atoms with E-state index >= 15 is 0 Å². The fourth-order valence-electron chi connectivity index (χ4n) is 1.78. The number of benzene rings is 2. The van der Waals surface area contributed by atoms with Gasteiger partial charge in [-0.1, -0.05) is 29.8 Å². The average molecular weight is 354 g/mol. The maximum Gasteiger partial charge on any atom is 0.246 e. The van der Waals surface area contributed by atoms with Crippen molar-refractivity contribution in [2.75, 3.05) is 0 Å². The molecule has 100 valence electrons. The molecule has 0 fully saturated rings. The summed E-state index contributed by atoms with van der Waals surface area (Å²) in [4.78, 5) is 0. The lowest BCUT2D eigenvalue weighted by atomic mass is 10.2. The van der Waals surface area contributed by atoms with Crippen LogP contribution in [-0.2, 0) is 0 Å². The molecule has 0 bridgehead atoms. The van der Waals surface area contributed by atoms with Gasteiger partial charge in [0.15, 0.2) is 5.15 Å². The van der Waals surface area contributed by atoms with Gasteiger partial charge in [-0.25, -0.2) is 4.39 Å². The van der Waals surface area contributed by atoms with Crippen LogP contribution in [0.5, 0.6) is 11.6 Å². The van der Waals surface area contributed by atoms with Crippen molar-refractivity contribution in [2.24, 2.45) is 0 Å². The molecular formula is C14H7BrClFN2O. The first-order valence-electron chi connectivity index (χ1n) is 5.69. The number of nitrogens with zero attached hydrogens (tertiary/aromatic N) is 2. The van der Waals surface area contributed by atoms with Crippen molar-refractivity contribution in [3.05, 3.63) is 57.9 Å². The van der Waals surface area contributed by atoms with Crippen molar-refractivity contribution in [1.82, 2.24) is 10.2 Å². The molecule has 0 saturated carbocycles. The van der Waals surface area contributed by atoms with Crippen molar-refractivity contribution in [1.29, 1.82) is 0 Å². The van der Waals surface area contributed by atoms with Crippen molar-refractivity contribution >= 4 is 38.3 Å². The molecule has 6 heteroatoms. The highest BCUT2D eigenvalue weighted by molar-refractivity contribution is 9.10. The predicted molar refractivity (Wildman–Crippen MR) is 78.7 cm³/mol. The Balaban J connectivity index is 2.09. The SMILES string of the molecule is Fc1ccc(Oc2nnc(Cl)c3ccccc23)c(Br)c1. The Morgan fingerprint density at radius 3 is 2.55 bits per heavy atom. The van der Waals surface area contributed by atoms with Crippen LogP contribution >= 0.6 is 27.5 Å². The van der Waals surface area contributed by atoms with Gasteiger partial charge in [-0.3, -0.25) is 0 Å². The van der Waals surface area contributed by atoms with Crippen LogP contribution in [0.2, 0.25) is 5.15 Å². The molecule has 0 aliphatic carbocycles. The summed E-state index contributed by atoms with van der Waals surface area (Å²) >= 11 is 9.24. The smallest absolute Gasteiger partial charge is 0.246 e. The number of fused-ring (bicyclic) bond motifs is 1. The van der Waals surface area contributed by atoms with Crippen molar-refractivity contribution in [2.45, 2.75) is 0 Å². The zero-order valence-electron chi connectivity index (χ0n) is 9.98. The summed E-state index contributed by atoms with van der Waals surface area (Å²) in [6.45, 7) is 0. The van der Waals surface area contributed by atoms with E-state index in [1.807, 2.05) is 24.3 Å². The maximum absolute atomic E-state index is 13.1. The number of halogens is 3. The van der Waals surface area contributed by atoms with Crippen LogP contribution in [0.25, 0.3) is 10.8 Å². The van der Waals surface area contributed by atoms with Crippen LogP contribution in [-0.4, -0.2) is 10.2 Å². The highest BCUT2D eigenvalue weighted by Crippen LogP contribution is 2.33. The number of aromatic nitrogens is 2. The van der Waals surface area contributed by atoms with E-state index in [0.717, 1.165) is 10.8 Å². The minimum atomic E-state index is -0.351. The number of hydrogen-bond donors (Lipinski definition) is 0. The molecule has 1 aromatic heterocycles. The van der Waals surface area contributed by atoms with E-state index < -0.39 is 0 Å². The van der Waals surface area contributed by atoms with Gasteiger partial charge in [0.05, 0.1) is 4.47 Å². The first-order valence-corrected chi connectivity index (χ1v) is 6.86. The van der Waals surface area contributed by atoms with E-state index in [0.29, 0.717) is 21.3 Å². The summed E-state index contributed by atoms with van der Waals surface area (Å²) in [5, 5.41) is 9.60. The van der Waals surface area contributed by atoms with Gasteiger partial charge in [0.1, 0.15) is 11.6 Å². The normalized spacial score (nSPS) is 10.8. The predicted octanol–water partition coefficient (Wildman–Crippen LogP) is 4.98. The minimum Gasteiger partial charge on any atom is -0.436 e. The Morgan fingerprint density at radius 1 is 1.05 bits per heavy atom. The standard InChI is InChI=1S/C14H7BrClFN2O/c15-11-7-8(17)5-6-12(11)20-14-10-4-2-1-3-9(10)13(16)18-19-14/h1-7H. The van der Waals surface area contributed by atoms with Gasteiger partial charge >= 0.3 is 0 Å². The molecule has 0 spiro atoms. The summed E-state index contributed by atoms with van der Waals surface area (Å²) in [6.07, 6.45) is 0. The van der Waals surface area contributed by atoms with Gasteiger partial charge in [0.25, 0.3) is 0 Å². The van der Waals surface area contributed by atoms with Gasteiger partial charge in [0, 0.05) is 10.8 Å². The van der Waals surface area contributed by atoms with Crippen LogP contribution in [0.3, 0.4) is 0 Å². The third-order valence-electron chi connectivity index (χ3n) is 2.71. The summed E-state index contributed by atoms with van der Waals surface area (Å²) < 4.78 is 19.2. The molecule has 0 radical (unpaired) electrons. The monoisotopic (exact) mass is 352 g/mol. The second-order valence-electron chi connectivity index (χ2n) is 4.02. The molecule has 0 N–H and O–H groups in total. The Kier molecular flexibility index (Phi) is 3.54. The third kappa shape index (κ3) is 2.46.